The van der Waals surface area contributed by atoms with E-state index < -0.39 is 5.60 Å². The molecule has 0 aliphatic heterocycles. The van der Waals surface area contributed by atoms with Gasteiger partial charge in [0.05, 0.1) is 5.60 Å². The van der Waals surface area contributed by atoms with Crippen LogP contribution in [0.25, 0.3) is 0 Å². The Morgan fingerprint density at radius 3 is 2.67 bits per heavy atom. The number of rotatable bonds is 3. The van der Waals surface area contributed by atoms with Crippen molar-refractivity contribution in [2.45, 2.75) is 56.0 Å². The molecule has 3 nitrogen and oxygen atoms in total. The average Bonchev–Trinajstić information content (AvgIpc) is 2.45. The molecule has 1 aromatic carbocycles. The second-order valence-corrected chi connectivity index (χ2v) is 7.22. The maximum atomic E-state index is 11.4. The molecule has 3 rings (SSSR count). The lowest BCUT2D eigenvalue weighted by molar-refractivity contribution is -0.0887. The van der Waals surface area contributed by atoms with Gasteiger partial charge in [-0.15, -0.1) is 0 Å². The number of nitrogens with zero attached hydrogens (tertiary/aromatic N) is 1. The Kier molecular flexibility index (Phi) is 3.74. The molecule has 0 bridgehead atoms. The predicted octanol–water partition coefficient (Wildman–Crippen LogP) is 2.83. The predicted molar refractivity (Wildman–Crippen MR) is 84.7 cm³/mol. The van der Waals surface area contributed by atoms with Crippen molar-refractivity contribution in [2.24, 2.45) is 0 Å². The number of aromatic hydroxyl groups is 1. The highest BCUT2D eigenvalue weighted by atomic mass is 16.3. The van der Waals surface area contributed by atoms with Crippen molar-refractivity contribution < 1.29 is 10.2 Å². The molecule has 2 N–H and O–H groups in total. The molecular formula is C18H27NO2. The number of hydrogen-bond donors (Lipinski definition) is 2. The first-order chi connectivity index (χ1) is 9.97. The van der Waals surface area contributed by atoms with Crippen molar-refractivity contribution in [3.63, 3.8) is 0 Å². The van der Waals surface area contributed by atoms with Gasteiger partial charge in [-0.3, -0.25) is 0 Å². The summed E-state index contributed by atoms with van der Waals surface area (Å²) in [6.45, 7) is 0.970. The molecule has 1 saturated carbocycles. The molecule has 21 heavy (non-hydrogen) atoms. The molecule has 0 amide bonds. The van der Waals surface area contributed by atoms with E-state index in [-0.39, 0.29) is 5.41 Å². The Morgan fingerprint density at radius 1 is 1.14 bits per heavy atom. The largest absolute Gasteiger partial charge is 0.508 e. The molecular weight excluding hydrogens is 262 g/mol. The number of fused-ring (bicyclic) bond motifs is 3. The number of aliphatic hydroxyl groups is 1. The van der Waals surface area contributed by atoms with Crippen molar-refractivity contribution in [1.29, 1.82) is 0 Å². The summed E-state index contributed by atoms with van der Waals surface area (Å²) in [4.78, 5) is 2.20. The monoisotopic (exact) mass is 289 g/mol. The van der Waals surface area contributed by atoms with Gasteiger partial charge in [0.25, 0.3) is 0 Å². The SMILES string of the molecule is CN(C)CC[C@]12CCCC[C@@]1(O)CCc1ccc(O)cc12. The Balaban J connectivity index is 2.09. The highest BCUT2D eigenvalue weighted by Gasteiger charge is 2.54. The fraction of sp³-hybridized carbons (Fsp3) is 0.667. The first kappa shape index (κ1) is 14.9. The third-order valence-electron chi connectivity index (χ3n) is 5.74. The van der Waals surface area contributed by atoms with Crippen LogP contribution in [0.3, 0.4) is 0 Å². The number of benzene rings is 1. The van der Waals surface area contributed by atoms with Crippen LogP contribution in [0.5, 0.6) is 5.75 Å². The third kappa shape index (κ3) is 2.36. The summed E-state index contributed by atoms with van der Waals surface area (Å²) < 4.78 is 0. The molecule has 0 radical (unpaired) electrons. The summed E-state index contributed by atoms with van der Waals surface area (Å²) in [6.07, 6.45) is 6.98. The van der Waals surface area contributed by atoms with Crippen LogP contribution in [0.15, 0.2) is 18.2 Å². The molecule has 0 aromatic heterocycles. The first-order valence-electron chi connectivity index (χ1n) is 8.16. The van der Waals surface area contributed by atoms with Crippen molar-refractivity contribution in [2.75, 3.05) is 20.6 Å². The van der Waals surface area contributed by atoms with Crippen molar-refractivity contribution >= 4 is 0 Å². The van der Waals surface area contributed by atoms with Gasteiger partial charge < -0.3 is 15.1 Å². The van der Waals surface area contributed by atoms with E-state index in [9.17, 15) is 10.2 Å². The Labute approximate surface area is 127 Å². The maximum absolute atomic E-state index is 11.4. The lowest BCUT2D eigenvalue weighted by atomic mass is 9.53. The van der Waals surface area contributed by atoms with Crippen LogP contribution in [-0.2, 0) is 11.8 Å². The van der Waals surface area contributed by atoms with E-state index in [2.05, 4.69) is 25.1 Å². The summed E-state index contributed by atoms with van der Waals surface area (Å²) in [7, 11) is 4.18. The minimum atomic E-state index is -0.595. The molecule has 0 heterocycles. The summed E-state index contributed by atoms with van der Waals surface area (Å²) >= 11 is 0. The second-order valence-electron chi connectivity index (χ2n) is 7.22. The van der Waals surface area contributed by atoms with Crippen molar-refractivity contribution in [1.82, 2.24) is 4.90 Å². The molecule has 2 aliphatic rings. The topological polar surface area (TPSA) is 43.7 Å². The van der Waals surface area contributed by atoms with Crippen LogP contribution < -0.4 is 0 Å². The molecule has 0 unspecified atom stereocenters. The molecule has 1 aromatic rings. The van der Waals surface area contributed by atoms with E-state index in [1.807, 2.05) is 6.07 Å². The minimum Gasteiger partial charge on any atom is -0.508 e. The molecule has 2 atom stereocenters. The highest BCUT2D eigenvalue weighted by Crippen LogP contribution is 2.55. The highest BCUT2D eigenvalue weighted by molar-refractivity contribution is 5.45. The Bertz CT molecular complexity index is 528. The van der Waals surface area contributed by atoms with Crippen LogP contribution in [0.1, 0.15) is 49.7 Å². The van der Waals surface area contributed by atoms with Crippen LogP contribution in [0.2, 0.25) is 0 Å². The van der Waals surface area contributed by atoms with E-state index in [4.69, 9.17) is 0 Å². The summed E-state index contributed by atoms with van der Waals surface area (Å²) in [6, 6.07) is 5.75. The standard InChI is InChI=1S/C18H27NO2/c1-19(2)12-11-17-8-3-4-9-18(17,21)10-7-14-5-6-15(20)13-16(14)17/h5-6,13,20-21H,3-4,7-12H2,1-2H3/t17-,18+/m0/s1. The van der Waals surface area contributed by atoms with Gasteiger partial charge in [-0.05, 0) is 76.0 Å². The summed E-state index contributed by atoms with van der Waals surface area (Å²) in [5.41, 5.74) is 1.75. The Hall–Kier alpha value is -1.06. The van der Waals surface area contributed by atoms with Gasteiger partial charge >= 0.3 is 0 Å². The van der Waals surface area contributed by atoms with Gasteiger partial charge in [-0.25, -0.2) is 0 Å². The van der Waals surface area contributed by atoms with Gasteiger partial charge in [-0.2, -0.15) is 0 Å². The van der Waals surface area contributed by atoms with Gasteiger partial charge in [0.1, 0.15) is 5.75 Å². The van der Waals surface area contributed by atoms with E-state index in [1.165, 1.54) is 17.5 Å². The Morgan fingerprint density at radius 2 is 1.90 bits per heavy atom. The average molecular weight is 289 g/mol. The zero-order chi connectivity index (χ0) is 15.1. The van der Waals surface area contributed by atoms with E-state index in [0.717, 1.165) is 45.1 Å². The van der Waals surface area contributed by atoms with Gasteiger partial charge in [0.2, 0.25) is 0 Å². The van der Waals surface area contributed by atoms with Crippen LogP contribution in [-0.4, -0.2) is 41.4 Å². The lowest BCUT2D eigenvalue weighted by Crippen LogP contribution is -2.57. The fourth-order valence-electron chi connectivity index (χ4n) is 4.54. The normalized spacial score (nSPS) is 31.8. The lowest BCUT2D eigenvalue weighted by Gasteiger charge is -2.55. The molecule has 116 valence electrons. The summed E-state index contributed by atoms with van der Waals surface area (Å²) in [5, 5.41) is 21.4. The van der Waals surface area contributed by atoms with Crippen LogP contribution >= 0.6 is 0 Å². The number of hydrogen-bond acceptors (Lipinski definition) is 3. The van der Waals surface area contributed by atoms with E-state index in [0.29, 0.717) is 5.75 Å². The molecule has 0 spiro atoms. The second kappa shape index (κ2) is 5.29. The number of aryl methyl sites for hydroxylation is 1. The molecule has 0 saturated heterocycles. The molecule has 3 heteroatoms. The zero-order valence-electron chi connectivity index (χ0n) is 13.2. The zero-order valence-corrected chi connectivity index (χ0v) is 13.2. The van der Waals surface area contributed by atoms with Crippen LogP contribution in [0, 0.1) is 0 Å². The van der Waals surface area contributed by atoms with Crippen LogP contribution in [0.4, 0.5) is 0 Å². The molecule has 1 fully saturated rings. The number of phenols is 1. The van der Waals surface area contributed by atoms with Gasteiger partial charge in [-0.1, -0.05) is 18.9 Å². The van der Waals surface area contributed by atoms with E-state index in [1.54, 1.807) is 6.07 Å². The third-order valence-corrected chi connectivity index (χ3v) is 5.74. The fourth-order valence-corrected chi connectivity index (χ4v) is 4.54. The first-order valence-corrected chi connectivity index (χ1v) is 8.16. The van der Waals surface area contributed by atoms with Gasteiger partial charge in [0, 0.05) is 5.41 Å². The van der Waals surface area contributed by atoms with Gasteiger partial charge in [0.15, 0.2) is 0 Å². The minimum absolute atomic E-state index is 0.179. The quantitative estimate of drug-likeness (QED) is 0.899. The summed E-state index contributed by atoms with van der Waals surface area (Å²) in [5.74, 6) is 0.327. The van der Waals surface area contributed by atoms with E-state index >= 15 is 0 Å². The number of phenolic OH excluding ortho intramolecular Hbond substituents is 1. The van der Waals surface area contributed by atoms with Crippen molar-refractivity contribution in [3.8, 4) is 5.75 Å². The maximum Gasteiger partial charge on any atom is 0.115 e. The smallest absolute Gasteiger partial charge is 0.115 e. The van der Waals surface area contributed by atoms with Crippen molar-refractivity contribution in [3.05, 3.63) is 29.3 Å². The molecule has 2 aliphatic carbocycles.